The molecule has 0 aromatic heterocycles. The molecule has 0 aliphatic heterocycles. The molecule has 0 amide bonds. The fourth-order valence-electron chi connectivity index (χ4n) is 2.90. The summed E-state index contributed by atoms with van der Waals surface area (Å²) in [7, 11) is 0. The minimum absolute atomic E-state index is 0.551. The summed E-state index contributed by atoms with van der Waals surface area (Å²) in [5.41, 5.74) is 3.76. The smallest absolute Gasteiger partial charge is 0.0482 e. The molecule has 0 spiro atoms. The summed E-state index contributed by atoms with van der Waals surface area (Å²) in [5, 5.41) is 5.02. The number of benzene rings is 3. The predicted molar refractivity (Wildman–Crippen MR) is 90.5 cm³/mol. The van der Waals surface area contributed by atoms with E-state index in [2.05, 4.69) is 56.0 Å². The highest BCUT2D eigenvalue weighted by Gasteiger charge is 2.10. The average Bonchev–Trinajstić information content (AvgIpc) is 2.51. The maximum Gasteiger partial charge on any atom is 0.0482 e. The number of alkyl halides is 1. The van der Waals surface area contributed by atoms with E-state index in [1.807, 2.05) is 6.08 Å². The molecule has 100 valence electrons. The van der Waals surface area contributed by atoms with Crippen molar-refractivity contribution in [2.45, 2.75) is 19.2 Å². The summed E-state index contributed by atoms with van der Waals surface area (Å²) in [5.74, 6) is 0.551. The van der Waals surface area contributed by atoms with Crippen LogP contribution >= 0.6 is 11.6 Å². The van der Waals surface area contributed by atoms with Gasteiger partial charge in [-0.05, 0) is 56.8 Å². The first-order valence-electron chi connectivity index (χ1n) is 6.94. The maximum absolute atomic E-state index is 6.21. The van der Waals surface area contributed by atoms with Gasteiger partial charge in [-0.15, -0.1) is 11.6 Å². The zero-order chi connectivity index (χ0) is 14.1. The van der Waals surface area contributed by atoms with Crippen molar-refractivity contribution in [2.24, 2.45) is 0 Å². The van der Waals surface area contributed by atoms with Gasteiger partial charge in [0.15, 0.2) is 0 Å². The largest absolute Gasteiger partial charge is 0.122 e. The molecule has 3 rings (SSSR count). The Morgan fingerprint density at radius 3 is 2.25 bits per heavy atom. The van der Waals surface area contributed by atoms with Gasteiger partial charge in [0.05, 0.1) is 0 Å². The second-order valence-corrected chi connectivity index (χ2v) is 5.31. The van der Waals surface area contributed by atoms with Crippen LogP contribution < -0.4 is 0 Å². The van der Waals surface area contributed by atoms with Crippen LogP contribution in [0.25, 0.3) is 27.6 Å². The first kappa shape index (κ1) is 13.2. The monoisotopic (exact) mass is 280 g/mol. The van der Waals surface area contributed by atoms with Crippen LogP contribution in [-0.2, 0) is 12.3 Å². The summed E-state index contributed by atoms with van der Waals surface area (Å²) in [6, 6.07) is 15.2. The Kier molecular flexibility index (Phi) is 3.50. The molecule has 0 unspecified atom stereocenters. The predicted octanol–water partition coefficient (Wildman–Crippen LogP) is 5.94. The van der Waals surface area contributed by atoms with Gasteiger partial charge in [0, 0.05) is 5.88 Å². The molecule has 3 aromatic rings. The summed E-state index contributed by atoms with van der Waals surface area (Å²) in [6.07, 6.45) is 2.93. The molecule has 0 bridgehead atoms. The summed E-state index contributed by atoms with van der Waals surface area (Å²) in [6.45, 7) is 6.13. The van der Waals surface area contributed by atoms with Crippen molar-refractivity contribution < 1.29 is 0 Å². The molecule has 0 radical (unpaired) electrons. The second-order valence-electron chi connectivity index (χ2n) is 5.04. The van der Waals surface area contributed by atoms with E-state index < -0.39 is 0 Å². The van der Waals surface area contributed by atoms with E-state index in [0.29, 0.717) is 5.88 Å². The lowest BCUT2D eigenvalue weighted by Crippen LogP contribution is -1.94. The van der Waals surface area contributed by atoms with Crippen molar-refractivity contribution in [1.29, 1.82) is 0 Å². The van der Waals surface area contributed by atoms with E-state index in [1.54, 1.807) is 0 Å². The lowest BCUT2D eigenvalue weighted by Gasteiger charge is -2.14. The van der Waals surface area contributed by atoms with Crippen LogP contribution in [0.2, 0.25) is 0 Å². The summed E-state index contributed by atoms with van der Waals surface area (Å²) in [4.78, 5) is 0. The topological polar surface area (TPSA) is 0 Å². The van der Waals surface area contributed by atoms with E-state index in [9.17, 15) is 0 Å². The zero-order valence-corrected chi connectivity index (χ0v) is 12.4. The Morgan fingerprint density at radius 1 is 1.05 bits per heavy atom. The molecule has 0 saturated carbocycles. The molecule has 0 aliphatic carbocycles. The quantitative estimate of drug-likeness (QED) is 0.411. The fourth-order valence-corrected chi connectivity index (χ4v) is 3.21. The normalized spacial score (nSPS) is 11.1. The van der Waals surface area contributed by atoms with Crippen molar-refractivity contribution in [3.05, 3.63) is 65.7 Å². The van der Waals surface area contributed by atoms with Crippen LogP contribution in [0, 0.1) is 0 Å². The number of fused-ring (bicyclic) bond motifs is 2. The third-order valence-electron chi connectivity index (χ3n) is 3.97. The van der Waals surface area contributed by atoms with Gasteiger partial charge in [-0.2, -0.15) is 0 Å². The van der Waals surface area contributed by atoms with Gasteiger partial charge in [-0.3, -0.25) is 0 Å². The molecule has 0 atom stereocenters. The molecule has 0 saturated heterocycles. The van der Waals surface area contributed by atoms with Crippen LogP contribution in [0.4, 0.5) is 0 Å². The van der Waals surface area contributed by atoms with Crippen molar-refractivity contribution in [2.75, 3.05) is 0 Å². The van der Waals surface area contributed by atoms with E-state index in [-0.39, 0.29) is 0 Å². The Balaban J connectivity index is 2.51. The first-order chi connectivity index (χ1) is 9.78. The number of rotatable bonds is 3. The van der Waals surface area contributed by atoms with Gasteiger partial charge in [-0.25, -0.2) is 0 Å². The van der Waals surface area contributed by atoms with Gasteiger partial charge < -0.3 is 0 Å². The number of hydrogen-bond acceptors (Lipinski definition) is 0. The molecular formula is C19H17Cl. The molecular weight excluding hydrogens is 264 g/mol. The highest BCUT2D eigenvalue weighted by molar-refractivity contribution is 6.18. The average molecular weight is 281 g/mol. The summed E-state index contributed by atoms with van der Waals surface area (Å²) < 4.78 is 0. The summed E-state index contributed by atoms with van der Waals surface area (Å²) >= 11 is 6.21. The van der Waals surface area contributed by atoms with Gasteiger partial charge >= 0.3 is 0 Å². The number of hydrogen-bond donors (Lipinski definition) is 0. The third-order valence-corrected chi connectivity index (χ3v) is 4.24. The van der Waals surface area contributed by atoms with E-state index >= 15 is 0 Å². The first-order valence-corrected chi connectivity index (χ1v) is 7.47. The van der Waals surface area contributed by atoms with Gasteiger partial charge in [-0.1, -0.05) is 49.9 Å². The van der Waals surface area contributed by atoms with Crippen molar-refractivity contribution >= 4 is 39.2 Å². The maximum atomic E-state index is 6.21. The highest BCUT2D eigenvalue weighted by atomic mass is 35.5. The SMILES string of the molecule is C=Cc1cc(CC)c(CCl)c2cc3ccccc3cc12. The van der Waals surface area contributed by atoms with E-state index in [1.165, 1.54) is 38.2 Å². The van der Waals surface area contributed by atoms with E-state index in [0.717, 1.165) is 6.42 Å². The molecule has 3 aromatic carbocycles. The van der Waals surface area contributed by atoms with Crippen LogP contribution in [-0.4, -0.2) is 0 Å². The van der Waals surface area contributed by atoms with Crippen LogP contribution in [0.15, 0.2) is 49.0 Å². The van der Waals surface area contributed by atoms with Gasteiger partial charge in [0.1, 0.15) is 0 Å². The van der Waals surface area contributed by atoms with Crippen molar-refractivity contribution in [3.63, 3.8) is 0 Å². The minimum Gasteiger partial charge on any atom is -0.122 e. The lowest BCUT2D eigenvalue weighted by atomic mass is 9.92. The highest BCUT2D eigenvalue weighted by Crippen LogP contribution is 2.32. The Morgan fingerprint density at radius 2 is 1.70 bits per heavy atom. The van der Waals surface area contributed by atoms with Gasteiger partial charge in [0.2, 0.25) is 0 Å². The molecule has 0 N–H and O–H groups in total. The van der Waals surface area contributed by atoms with Crippen LogP contribution in [0.1, 0.15) is 23.6 Å². The van der Waals surface area contributed by atoms with Crippen LogP contribution in [0.3, 0.4) is 0 Å². The van der Waals surface area contributed by atoms with E-state index in [4.69, 9.17) is 11.6 Å². The van der Waals surface area contributed by atoms with Gasteiger partial charge in [0.25, 0.3) is 0 Å². The molecule has 1 heteroatoms. The fraction of sp³-hybridized carbons (Fsp3) is 0.158. The standard InChI is InChI=1S/C19H17Cl/c1-3-13-9-14(4-2)19(12-20)18-11-16-8-6-5-7-15(16)10-17(13)18/h3,5-11H,1,4,12H2,2H3. The minimum atomic E-state index is 0.551. The van der Waals surface area contributed by atoms with Crippen molar-refractivity contribution in [3.8, 4) is 0 Å². The molecule has 0 fully saturated rings. The lowest BCUT2D eigenvalue weighted by molar-refractivity contribution is 1.11. The third kappa shape index (κ3) is 2.01. The van der Waals surface area contributed by atoms with Crippen LogP contribution in [0.5, 0.6) is 0 Å². The molecule has 0 aliphatic rings. The molecule has 20 heavy (non-hydrogen) atoms. The zero-order valence-electron chi connectivity index (χ0n) is 11.6. The second kappa shape index (κ2) is 5.30. The Labute approximate surface area is 124 Å². The number of halogens is 1. The molecule has 0 nitrogen and oxygen atoms in total. The molecule has 0 heterocycles. The number of aryl methyl sites for hydroxylation is 1. The van der Waals surface area contributed by atoms with Crippen molar-refractivity contribution in [1.82, 2.24) is 0 Å². The Hall–Kier alpha value is -1.79. The Bertz CT molecular complexity index is 800.